The quantitative estimate of drug-likeness (QED) is 0.481. The molecule has 0 aliphatic carbocycles. The number of hydrogen-bond acceptors (Lipinski definition) is 7. The molecule has 4 aromatic rings. The van der Waals surface area contributed by atoms with E-state index in [0.29, 0.717) is 29.4 Å². The van der Waals surface area contributed by atoms with Gasteiger partial charge in [-0.25, -0.2) is 4.39 Å². The zero-order valence-corrected chi connectivity index (χ0v) is 16.8. The summed E-state index contributed by atoms with van der Waals surface area (Å²) < 4.78 is 30.2. The third-order valence-corrected chi connectivity index (χ3v) is 4.54. The van der Waals surface area contributed by atoms with Crippen LogP contribution in [-0.4, -0.2) is 34.9 Å². The van der Waals surface area contributed by atoms with E-state index in [-0.39, 0.29) is 17.6 Å². The smallest absolute Gasteiger partial charge is 0.281 e. The van der Waals surface area contributed by atoms with Crippen molar-refractivity contribution in [1.82, 2.24) is 14.8 Å². The van der Waals surface area contributed by atoms with Crippen molar-refractivity contribution in [2.45, 2.75) is 6.54 Å². The summed E-state index contributed by atoms with van der Waals surface area (Å²) in [4.78, 5) is 17.6. The number of furan rings is 1. The van der Waals surface area contributed by atoms with Gasteiger partial charge in [-0.05, 0) is 48.0 Å². The van der Waals surface area contributed by atoms with E-state index in [1.807, 2.05) is 0 Å². The van der Waals surface area contributed by atoms with Crippen LogP contribution in [0.25, 0.3) is 11.6 Å². The molecule has 2 heterocycles. The second-order valence-corrected chi connectivity index (χ2v) is 6.50. The first-order valence-electron chi connectivity index (χ1n) is 9.35. The number of halogens is 1. The lowest BCUT2D eigenvalue weighted by Gasteiger charge is -2.10. The van der Waals surface area contributed by atoms with Crippen LogP contribution in [0.5, 0.6) is 11.5 Å². The van der Waals surface area contributed by atoms with E-state index in [2.05, 4.69) is 15.4 Å². The number of benzene rings is 2. The van der Waals surface area contributed by atoms with Crippen molar-refractivity contribution in [3.8, 4) is 23.1 Å². The van der Waals surface area contributed by atoms with Crippen molar-refractivity contribution < 1.29 is 23.1 Å². The van der Waals surface area contributed by atoms with Crippen LogP contribution in [0.3, 0.4) is 0 Å². The first-order valence-corrected chi connectivity index (χ1v) is 9.35. The summed E-state index contributed by atoms with van der Waals surface area (Å²) >= 11 is 0. The second kappa shape index (κ2) is 8.70. The average Bonchev–Trinajstić information content (AvgIpc) is 3.48. The van der Waals surface area contributed by atoms with Gasteiger partial charge in [-0.15, -0.1) is 5.10 Å². The highest BCUT2D eigenvalue weighted by Crippen LogP contribution is 2.28. The number of nitrogens with zero attached hydrogens (tertiary/aromatic N) is 3. The predicted molar refractivity (Wildman–Crippen MR) is 111 cm³/mol. The fourth-order valence-corrected chi connectivity index (χ4v) is 2.95. The van der Waals surface area contributed by atoms with Gasteiger partial charge in [-0.2, -0.15) is 9.67 Å². The van der Waals surface area contributed by atoms with Crippen molar-refractivity contribution in [2.24, 2.45) is 0 Å². The largest absolute Gasteiger partial charge is 0.493 e. The molecule has 0 aliphatic rings. The lowest BCUT2D eigenvalue weighted by molar-refractivity contribution is 0.0947. The molecule has 31 heavy (non-hydrogen) atoms. The van der Waals surface area contributed by atoms with E-state index < -0.39 is 5.91 Å². The molecule has 8 nitrogen and oxygen atoms in total. The van der Waals surface area contributed by atoms with E-state index in [4.69, 9.17) is 13.9 Å². The number of anilines is 1. The van der Waals surface area contributed by atoms with Gasteiger partial charge < -0.3 is 19.2 Å². The SMILES string of the molecule is COc1ccc(C(=O)n2nc(-c3ccco3)nc2NCc2ccc(F)cc2)cc1OC. The molecular formula is C22H19FN4O4. The van der Waals surface area contributed by atoms with Crippen LogP contribution in [0, 0.1) is 5.82 Å². The molecule has 0 bridgehead atoms. The molecule has 0 atom stereocenters. The summed E-state index contributed by atoms with van der Waals surface area (Å²) in [5, 5.41) is 7.40. The lowest BCUT2D eigenvalue weighted by atomic mass is 10.2. The van der Waals surface area contributed by atoms with Crippen molar-refractivity contribution >= 4 is 11.9 Å². The number of nitrogens with one attached hydrogen (secondary N) is 1. The Morgan fingerprint density at radius 2 is 1.87 bits per heavy atom. The first kappa shape index (κ1) is 20.1. The third-order valence-electron chi connectivity index (χ3n) is 4.54. The maximum absolute atomic E-state index is 13.2. The van der Waals surface area contributed by atoms with Gasteiger partial charge in [0.25, 0.3) is 5.91 Å². The molecule has 0 aliphatic heterocycles. The van der Waals surface area contributed by atoms with Gasteiger partial charge in [-0.1, -0.05) is 12.1 Å². The number of hydrogen-bond donors (Lipinski definition) is 1. The molecule has 9 heteroatoms. The molecule has 2 aromatic heterocycles. The Hall–Kier alpha value is -4.14. The first-order chi connectivity index (χ1) is 15.1. The van der Waals surface area contributed by atoms with Gasteiger partial charge in [0.05, 0.1) is 20.5 Å². The molecule has 0 radical (unpaired) electrons. The monoisotopic (exact) mass is 422 g/mol. The maximum Gasteiger partial charge on any atom is 0.281 e. The normalized spacial score (nSPS) is 10.7. The van der Waals surface area contributed by atoms with Crippen LogP contribution < -0.4 is 14.8 Å². The summed E-state index contributed by atoms with van der Waals surface area (Å²) in [6, 6.07) is 14.2. The summed E-state index contributed by atoms with van der Waals surface area (Å²) in [6.07, 6.45) is 1.50. The summed E-state index contributed by atoms with van der Waals surface area (Å²) in [5.74, 6) is 1.06. The molecule has 0 amide bonds. The summed E-state index contributed by atoms with van der Waals surface area (Å²) in [6.45, 7) is 0.315. The van der Waals surface area contributed by atoms with Crippen molar-refractivity contribution in [1.29, 1.82) is 0 Å². The van der Waals surface area contributed by atoms with Gasteiger partial charge in [0.15, 0.2) is 17.3 Å². The Morgan fingerprint density at radius 3 is 2.55 bits per heavy atom. The number of methoxy groups -OCH3 is 2. The number of carbonyl (C=O) groups is 1. The van der Waals surface area contributed by atoms with Gasteiger partial charge in [0.1, 0.15) is 5.82 Å². The van der Waals surface area contributed by atoms with Crippen LogP contribution >= 0.6 is 0 Å². The standard InChI is InChI=1S/C22H19FN4O4/c1-29-17-10-7-15(12-19(17)30-2)21(28)27-22(24-13-14-5-8-16(23)9-6-14)25-20(26-27)18-4-3-11-31-18/h3-12H,13H2,1-2H3,(H,24,25,26). The van der Waals surface area contributed by atoms with Gasteiger partial charge in [-0.3, -0.25) is 4.79 Å². The van der Waals surface area contributed by atoms with E-state index in [0.717, 1.165) is 10.2 Å². The molecule has 0 saturated heterocycles. The molecule has 4 rings (SSSR count). The number of ether oxygens (including phenoxy) is 2. The van der Waals surface area contributed by atoms with Crippen molar-refractivity contribution in [2.75, 3.05) is 19.5 Å². The fourth-order valence-electron chi connectivity index (χ4n) is 2.95. The zero-order chi connectivity index (χ0) is 21.8. The molecule has 0 saturated carbocycles. The average molecular weight is 422 g/mol. The predicted octanol–water partition coefficient (Wildman–Crippen LogP) is 4.00. The van der Waals surface area contributed by atoms with Crippen molar-refractivity contribution in [3.05, 3.63) is 77.8 Å². The number of carbonyl (C=O) groups excluding carboxylic acids is 1. The molecule has 0 unspecified atom stereocenters. The van der Waals surface area contributed by atoms with Crippen LogP contribution in [0.2, 0.25) is 0 Å². The third kappa shape index (κ3) is 4.25. The van der Waals surface area contributed by atoms with E-state index in [1.54, 1.807) is 42.5 Å². The highest BCUT2D eigenvalue weighted by molar-refractivity contribution is 5.97. The van der Waals surface area contributed by atoms with Crippen LogP contribution in [0.1, 0.15) is 15.9 Å². The maximum atomic E-state index is 13.2. The topological polar surface area (TPSA) is 91.4 Å². The van der Waals surface area contributed by atoms with Crippen LogP contribution in [-0.2, 0) is 6.54 Å². The van der Waals surface area contributed by atoms with E-state index >= 15 is 0 Å². The Labute approximate surface area is 177 Å². The highest BCUT2D eigenvalue weighted by Gasteiger charge is 2.21. The summed E-state index contributed by atoms with van der Waals surface area (Å²) in [5.41, 5.74) is 1.15. The lowest BCUT2D eigenvalue weighted by Crippen LogP contribution is -2.17. The van der Waals surface area contributed by atoms with Gasteiger partial charge in [0, 0.05) is 12.1 Å². The Balaban J connectivity index is 1.68. The highest BCUT2D eigenvalue weighted by atomic mass is 19.1. The minimum absolute atomic E-state index is 0.218. The summed E-state index contributed by atoms with van der Waals surface area (Å²) in [7, 11) is 3.01. The molecular weight excluding hydrogens is 403 g/mol. The second-order valence-electron chi connectivity index (χ2n) is 6.50. The zero-order valence-electron chi connectivity index (χ0n) is 16.8. The molecule has 0 spiro atoms. The van der Waals surface area contributed by atoms with Gasteiger partial charge >= 0.3 is 0 Å². The van der Waals surface area contributed by atoms with E-state index in [9.17, 15) is 9.18 Å². The Kier molecular flexibility index (Phi) is 5.65. The minimum atomic E-state index is -0.423. The molecule has 158 valence electrons. The molecule has 0 fully saturated rings. The Bertz CT molecular complexity index is 1190. The Morgan fingerprint density at radius 1 is 1.10 bits per heavy atom. The minimum Gasteiger partial charge on any atom is -0.493 e. The number of rotatable bonds is 7. The fraction of sp³-hybridized carbons (Fsp3) is 0.136. The van der Waals surface area contributed by atoms with Gasteiger partial charge in [0.2, 0.25) is 11.8 Å². The number of aromatic nitrogens is 3. The molecule has 2 aromatic carbocycles. The van der Waals surface area contributed by atoms with Crippen LogP contribution in [0.15, 0.2) is 65.3 Å². The molecule has 1 N–H and O–H groups in total. The van der Waals surface area contributed by atoms with Crippen LogP contribution in [0.4, 0.5) is 10.3 Å². The van der Waals surface area contributed by atoms with E-state index in [1.165, 1.54) is 32.6 Å². The van der Waals surface area contributed by atoms with Crippen molar-refractivity contribution in [3.63, 3.8) is 0 Å².